The van der Waals surface area contributed by atoms with E-state index < -0.39 is 11.9 Å². The maximum Gasteiger partial charge on any atom is 0.251 e. The number of imide groups is 1. The Morgan fingerprint density at radius 1 is 0.686 bits per heavy atom. The van der Waals surface area contributed by atoms with E-state index in [0.717, 1.165) is 10.6 Å². The third-order valence-corrected chi connectivity index (χ3v) is 6.56. The summed E-state index contributed by atoms with van der Waals surface area (Å²) in [6, 6.07) is 17.6. The molecule has 0 N–H and O–H groups in total. The van der Waals surface area contributed by atoms with Crippen molar-refractivity contribution >= 4 is 29.0 Å². The van der Waals surface area contributed by atoms with Crippen molar-refractivity contribution in [1.82, 2.24) is 4.90 Å². The summed E-state index contributed by atoms with van der Waals surface area (Å²) in [6.45, 7) is 2.55. The number of hydrogen-bond donors (Lipinski definition) is 0. The van der Waals surface area contributed by atoms with Crippen molar-refractivity contribution in [2.45, 2.75) is 12.5 Å². The van der Waals surface area contributed by atoms with Crippen LogP contribution in [0.15, 0.2) is 72.8 Å². The summed E-state index contributed by atoms with van der Waals surface area (Å²) >= 11 is 0. The maximum atomic E-state index is 13.2. The van der Waals surface area contributed by atoms with Crippen LogP contribution < -0.4 is 9.80 Å². The maximum absolute atomic E-state index is 13.2. The molecular weight excluding hydrogens is 452 g/mol. The van der Waals surface area contributed by atoms with Crippen molar-refractivity contribution in [3.05, 3.63) is 95.6 Å². The first-order chi connectivity index (χ1) is 16.9. The Hall–Kier alpha value is -3.91. The molecule has 2 amide bonds. The van der Waals surface area contributed by atoms with E-state index in [-0.39, 0.29) is 29.8 Å². The van der Waals surface area contributed by atoms with Crippen LogP contribution in [0.2, 0.25) is 0 Å². The predicted molar refractivity (Wildman–Crippen MR) is 127 cm³/mol. The van der Waals surface area contributed by atoms with E-state index >= 15 is 0 Å². The number of halogens is 2. The molecule has 0 spiro atoms. The summed E-state index contributed by atoms with van der Waals surface area (Å²) in [5.41, 5.74) is 2.30. The molecule has 1 unspecified atom stereocenters. The third-order valence-electron chi connectivity index (χ3n) is 6.56. The van der Waals surface area contributed by atoms with Gasteiger partial charge in [-0.1, -0.05) is 0 Å². The molecule has 2 fully saturated rings. The summed E-state index contributed by atoms with van der Waals surface area (Å²) in [4.78, 5) is 43.5. The van der Waals surface area contributed by atoms with Gasteiger partial charge in [-0.25, -0.2) is 13.7 Å². The summed E-state index contributed by atoms with van der Waals surface area (Å²) in [5, 5.41) is 0. The van der Waals surface area contributed by atoms with E-state index in [2.05, 4.69) is 4.90 Å². The van der Waals surface area contributed by atoms with Crippen LogP contribution in [0.5, 0.6) is 0 Å². The average molecular weight is 475 g/mol. The van der Waals surface area contributed by atoms with Gasteiger partial charge in [0.1, 0.15) is 11.6 Å². The number of nitrogens with zero attached hydrogens (tertiary/aromatic N) is 3. The Kier molecular flexibility index (Phi) is 6.13. The molecule has 2 aliphatic rings. The van der Waals surface area contributed by atoms with E-state index in [1.54, 1.807) is 12.1 Å². The highest BCUT2D eigenvalue weighted by molar-refractivity contribution is 6.22. The number of piperazine rings is 1. The molecule has 35 heavy (non-hydrogen) atoms. The molecule has 3 aromatic rings. The molecule has 0 radical (unpaired) electrons. The first-order valence-corrected chi connectivity index (χ1v) is 11.4. The minimum Gasteiger partial charge on any atom is -0.369 e. The van der Waals surface area contributed by atoms with Gasteiger partial charge in [0.2, 0.25) is 5.91 Å². The minimum absolute atomic E-state index is 0.108. The highest BCUT2D eigenvalue weighted by atomic mass is 19.1. The van der Waals surface area contributed by atoms with Gasteiger partial charge in [-0.05, 0) is 72.8 Å². The van der Waals surface area contributed by atoms with Gasteiger partial charge in [-0.15, -0.1) is 0 Å². The number of hydrogen-bond acceptors (Lipinski definition) is 5. The predicted octanol–water partition coefficient (Wildman–Crippen LogP) is 3.65. The Morgan fingerprint density at radius 3 is 1.74 bits per heavy atom. The standard InChI is InChI=1S/C27H23F2N3O3/c28-20-5-1-18(2-6-20)26(34)19-3-9-22(10-4-19)30-13-15-31(16-14-30)24-17-25(33)32(27(24)35)23-11-7-21(29)8-12-23/h1-12,24H,13-17H2. The van der Waals surface area contributed by atoms with Crippen LogP contribution in [0.25, 0.3) is 0 Å². The molecule has 6 nitrogen and oxygen atoms in total. The first-order valence-electron chi connectivity index (χ1n) is 11.4. The lowest BCUT2D eigenvalue weighted by Crippen LogP contribution is -2.52. The topological polar surface area (TPSA) is 60.9 Å². The number of rotatable bonds is 5. The van der Waals surface area contributed by atoms with Crippen molar-refractivity contribution < 1.29 is 23.2 Å². The monoisotopic (exact) mass is 475 g/mol. The lowest BCUT2D eigenvalue weighted by atomic mass is 10.0. The Bertz CT molecular complexity index is 1250. The Labute approximate surface area is 201 Å². The minimum atomic E-state index is -0.523. The second kappa shape index (κ2) is 9.38. The lowest BCUT2D eigenvalue weighted by molar-refractivity contribution is -0.123. The SMILES string of the molecule is O=C(c1ccc(F)cc1)c1ccc(N2CCN(C3CC(=O)N(c4ccc(F)cc4)C3=O)CC2)cc1. The van der Waals surface area contributed by atoms with Crippen LogP contribution in [-0.2, 0) is 9.59 Å². The largest absolute Gasteiger partial charge is 0.369 e. The first kappa shape index (κ1) is 22.9. The number of anilines is 2. The van der Waals surface area contributed by atoms with Gasteiger partial charge in [0.05, 0.1) is 18.2 Å². The average Bonchev–Trinajstić information content (AvgIpc) is 3.18. The van der Waals surface area contributed by atoms with Crippen molar-refractivity contribution in [3.8, 4) is 0 Å². The Balaban J connectivity index is 1.21. The van der Waals surface area contributed by atoms with Crippen molar-refractivity contribution in [2.24, 2.45) is 0 Å². The normalized spacial score (nSPS) is 18.9. The second-order valence-corrected chi connectivity index (χ2v) is 8.67. The van der Waals surface area contributed by atoms with E-state index in [1.807, 2.05) is 17.0 Å². The second-order valence-electron chi connectivity index (χ2n) is 8.67. The van der Waals surface area contributed by atoms with Crippen molar-refractivity contribution in [2.75, 3.05) is 36.0 Å². The molecule has 5 rings (SSSR count). The van der Waals surface area contributed by atoms with Crippen LogP contribution >= 0.6 is 0 Å². The van der Waals surface area contributed by atoms with E-state index in [1.165, 1.54) is 48.5 Å². The molecular formula is C27H23F2N3O3. The van der Waals surface area contributed by atoms with Crippen molar-refractivity contribution in [1.29, 1.82) is 0 Å². The molecule has 3 aromatic carbocycles. The summed E-state index contributed by atoms with van der Waals surface area (Å²) in [5.74, 6) is -1.54. The van der Waals surface area contributed by atoms with Crippen LogP contribution in [0, 0.1) is 11.6 Å². The van der Waals surface area contributed by atoms with Crippen LogP contribution in [-0.4, -0.2) is 54.7 Å². The van der Waals surface area contributed by atoms with Gasteiger partial charge >= 0.3 is 0 Å². The zero-order valence-electron chi connectivity index (χ0n) is 18.9. The molecule has 0 aliphatic carbocycles. The zero-order chi connectivity index (χ0) is 24.5. The summed E-state index contributed by atoms with van der Waals surface area (Å²) in [6.07, 6.45) is 0.108. The van der Waals surface area contributed by atoms with Gasteiger partial charge < -0.3 is 4.90 Å². The molecule has 2 heterocycles. The molecule has 0 bridgehead atoms. The quantitative estimate of drug-likeness (QED) is 0.417. The van der Waals surface area contributed by atoms with Gasteiger partial charge in [-0.2, -0.15) is 0 Å². The fraction of sp³-hybridized carbons (Fsp3) is 0.222. The van der Waals surface area contributed by atoms with E-state index in [0.29, 0.717) is 43.0 Å². The number of amides is 2. The number of carbonyl (C=O) groups is 3. The van der Waals surface area contributed by atoms with E-state index in [4.69, 9.17) is 0 Å². The summed E-state index contributed by atoms with van der Waals surface area (Å²) < 4.78 is 26.4. The molecule has 0 saturated carbocycles. The molecule has 178 valence electrons. The van der Waals surface area contributed by atoms with Gasteiger partial charge in [0, 0.05) is 43.0 Å². The molecule has 2 aliphatic heterocycles. The molecule has 0 aromatic heterocycles. The number of carbonyl (C=O) groups excluding carboxylic acids is 3. The van der Waals surface area contributed by atoms with Crippen LogP contribution in [0.3, 0.4) is 0 Å². The third kappa shape index (κ3) is 4.57. The highest BCUT2D eigenvalue weighted by Gasteiger charge is 2.43. The zero-order valence-corrected chi connectivity index (χ0v) is 18.9. The fourth-order valence-electron chi connectivity index (χ4n) is 4.65. The smallest absolute Gasteiger partial charge is 0.251 e. The lowest BCUT2D eigenvalue weighted by Gasteiger charge is -2.38. The number of ketones is 1. The van der Waals surface area contributed by atoms with Crippen LogP contribution in [0.1, 0.15) is 22.3 Å². The van der Waals surface area contributed by atoms with Crippen molar-refractivity contribution in [3.63, 3.8) is 0 Å². The fourth-order valence-corrected chi connectivity index (χ4v) is 4.65. The van der Waals surface area contributed by atoms with Gasteiger partial charge in [0.15, 0.2) is 5.78 Å². The van der Waals surface area contributed by atoms with Gasteiger partial charge in [0.25, 0.3) is 5.91 Å². The van der Waals surface area contributed by atoms with Gasteiger partial charge in [-0.3, -0.25) is 19.3 Å². The molecule has 8 heteroatoms. The Morgan fingerprint density at radius 2 is 1.17 bits per heavy atom. The summed E-state index contributed by atoms with van der Waals surface area (Å²) in [7, 11) is 0. The number of benzene rings is 3. The molecule has 2 saturated heterocycles. The molecule has 1 atom stereocenters. The van der Waals surface area contributed by atoms with Crippen LogP contribution in [0.4, 0.5) is 20.2 Å². The highest BCUT2D eigenvalue weighted by Crippen LogP contribution is 2.27. The van der Waals surface area contributed by atoms with E-state index in [9.17, 15) is 23.2 Å².